The summed E-state index contributed by atoms with van der Waals surface area (Å²) in [5.41, 5.74) is 2.32. The summed E-state index contributed by atoms with van der Waals surface area (Å²) >= 11 is 1.48. The quantitative estimate of drug-likeness (QED) is 0.718. The highest BCUT2D eigenvalue weighted by Crippen LogP contribution is 2.29. The molecule has 0 N–H and O–H groups in total. The molecule has 0 amide bonds. The number of aryl methyl sites for hydroxylation is 1. The molecule has 1 aromatic rings. The molecule has 1 aromatic heterocycles. The average molecular weight is 212 g/mol. The molecule has 0 unspecified atom stereocenters. The van der Waals surface area contributed by atoms with Gasteiger partial charge in [0.15, 0.2) is 0 Å². The number of rotatable bonds is 3. The van der Waals surface area contributed by atoms with E-state index in [4.69, 9.17) is 4.74 Å². The van der Waals surface area contributed by atoms with E-state index >= 15 is 0 Å². The average Bonchev–Trinajstić information content (AvgIpc) is 2.47. The molecule has 0 saturated carbocycles. The van der Waals surface area contributed by atoms with Crippen LogP contribution in [0.4, 0.5) is 0 Å². The van der Waals surface area contributed by atoms with Crippen LogP contribution in [0.15, 0.2) is 5.38 Å². The van der Waals surface area contributed by atoms with Gasteiger partial charge in [0.25, 0.3) is 0 Å². The molecule has 0 bridgehead atoms. The van der Waals surface area contributed by atoms with Crippen molar-refractivity contribution in [3.05, 3.63) is 21.4 Å². The minimum absolute atomic E-state index is 0.186. The second-order valence-corrected chi connectivity index (χ2v) is 4.42. The van der Waals surface area contributed by atoms with Crippen molar-refractivity contribution in [3.8, 4) is 0 Å². The van der Waals surface area contributed by atoms with Crippen LogP contribution >= 0.6 is 11.3 Å². The monoisotopic (exact) mass is 212 g/mol. The van der Waals surface area contributed by atoms with Crippen LogP contribution < -0.4 is 0 Å². The van der Waals surface area contributed by atoms with Crippen LogP contribution in [0.3, 0.4) is 0 Å². The molecule has 0 atom stereocenters. The summed E-state index contributed by atoms with van der Waals surface area (Å²) in [4.78, 5) is 12.3. The molecule has 2 nitrogen and oxygen atoms in total. The molecule has 0 aliphatic carbocycles. The highest BCUT2D eigenvalue weighted by molar-refractivity contribution is 7.12. The van der Waals surface area contributed by atoms with Crippen molar-refractivity contribution in [2.75, 3.05) is 6.61 Å². The lowest BCUT2D eigenvalue weighted by atomic mass is 10.0. The van der Waals surface area contributed by atoms with Gasteiger partial charge in [0.2, 0.25) is 0 Å². The Labute approximate surface area is 88.9 Å². The van der Waals surface area contributed by atoms with Crippen LogP contribution in [0.2, 0.25) is 0 Å². The van der Waals surface area contributed by atoms with Gasteiger partial charge in [-0.05, 0) is 36.3 Å². The second-order valence-electron chi connectivity index (χ2n) is 3.54. The standard InChI is InChI=1S/C11H16O2S/c1-5-13-11(12)10-9(7(2)3)8(4)6-14-10/h6-7H,5H2,1-4H3. The summed E-state index contributed by atoms with van der Waals surface area (Å²) in [5.74, 6) is 0.190. The van der Waals surface area contributed by atoms with Gasteiger partial charge in [0.05, 0.1) is 6.61 Å². The normalized spacial score (nSPS) is 10.6. The summed E-state index contributed by atoms with van der Waals surface area (Å²) in [6, 6.07) is 0. The Morgan fingerprint density at radius 1 is 1.57 bits per heavy atom. The number of hydrogen-bond donors (Lipinski definition) is 0. The first kappa shape index (κ1) is 11.2. The third-order valence-corrected chi connectivity index (χ3v) is 3.15. The minimum atomic E-state index is -0.186. The lowest BCUT2D eigenvalue weighted by Gasteiger charge is -2.08. The van der Waals surface area contributed by atoms with Crippen LogP contribution in [0.25, 0.3) is 0 Å². The van der Waals surface area contributed by atoms with Gasteiger partial charge in [0.1, 0.15) is 4.88 Å². The number of carbonyl (C=O) groups excluding carboxylic acids is 1. The first-order valence-corrected chi connectivity index (χ1v) is 5.71. The molecular weight excluding hydrogens is 196 g/mol. The summed E-state index contributed by atoms with van der Waals surface area (Å²) in [5, 5.41) is 2.02. The van der Waals surface area contributed by atoms with Gasteiger partial charge in [-0.3, -0.25) is 0 Å². The molecule has 1 rings (SSSR count). The molecule has 0 fully saturated rings. The van der Waals surface area contributed by atoms with Crippen molar-refractivity contribution in [3.63, 3.8) is 0 Å². The molecule has 0 saturated heterocycles. The van der Waals surface area contributed by atoms with E-state index in [1.54, 1.807) is 0 Å². The lowest BCUT2D eigenvalue weighted by Crippen LogP contribution is -2.06. The van der Waals surface area contributed by atoms with Crippen molar-refractivity contribution in [1.29, 1.82) is 0 Å². The van der Waals surface area contributed by atoms with Gasteiger partial charge in [-0.1, -0.05) is 13.8 Å². The third-order valence-electron chi connectivity index (χ3n) is 2.06. The van der Waals surface area contributed by atoms with Gasteiger partial charge in [-0.2, -0.15) is 0 Å². The minimum Gasteiger partial charge on any atom is -0.462 e. The molecular formula is C11H16O2S. The Morgan fingerprint density at radius 3 is 2.71 bits per heavy atom. The van der Waals surface area contributed by atoms with Crippen molar-refractivity contribution < 1.29 is 9.53 Å². The zero-order valence-electron chi connectivity index (χ0n) is 9.09. The Morgan fingerprint density at radius 2 is 2.21 bits per heavy atom. The number of carbonyl (C=O) groups is 1. The number of ether oxygens (including phenoxy) is 1. The highest BCUT2D eigenvalue weighted by Gasteiger charge is 2.18. The molecule has 1 heterocycles. The van der Waals surface area contributed by atoms with Crippen LogP contribution in [0.1, 0.15) is 47.5 Å². The molecule has 0 aromatic carbocycles. The SMILES string of the molecule is CCOC(=O)c1scc(C)c1C(C)C. The second kappa shape index (κ2) is 4.60. The van der Waals surface area contributed by atoms with E-state index in [0.717, 1.165) is 10.4 Å². The molecule has 0 radical (unpaired) electrons. The summed E-state index contributed by atoms with van der Waals surface area (Å²) in [6.07, 6.45) is 0. The fraction of sp³-hybridized carbons (Fsp3) is 0.545. The Balaban J connectivity index is 3.02. The van der Waals surface area contributed by atoms with E-state index in [0.29, 0.717) is 12.5 Å². The van der Waals surface area contributed by atoms with E-state index in [2.05, 4.69) is 13.8 Å². The first-order valence-electron chi connectivity index (χ1n) is 4.83. The maximum absolute atomic E-state index is 11.6. The van der Waals surface area contributed by atoms with Gasteiger partial charge in [-0.15, -0.1) is 11.3 Å². The van der Waals surface area contributed by atoms with Crippen molar-refractivity contribution in [1.82, 2.24) is 0 Å². The van der Waals surface area contributed by atoms with Crippen molar-refractivity contribution in [2.45, 2.75) is 33.6 Å². The van der Waals surface area contributed by atoms with Crippen molar-refractivity contribution in [2.24, 2.45) is 0 Å². The number of thiophene rings is 1. The van der Waals surface area contributed by atoms with Gasteiger partial charge in [-0.25, -0.2) is 4.79 Å². The van der Waals surface area contributed by atoms with Crippen LogP contribution in [-0.4, -0.2) is 12.6 Å². The van der Waals surface area contributed by atoms with Gasteiger partial charge in [0, 0.05) is 0 Å². The zero-order chi connectivity index (χ0) is 10.7. The lowest BCUT2D eigenvalue weighted by molar-refractivity contribution is 0.0530. The van der Waals surface area contributed by atoms with E-state index in [9.17, 15) is 4.79 Å². The third kappa shape index (κ3) is 2.15. The number of esters is 1. The number of hydrogen-bond acceptors (Lipinski definition) is 3. The Bertz CT molecular complexity index is 326. The Kier molecular flexibility index (Phi) is 3.69. The van der Waals surface area contributed by atoms with Crippen LogP contribution in [0, 0.1) is 6.92 Å². The fourth-order valence-corrected chi connectivity index (χ4v) is 2.63. The highest BCUT2D eigenvalue weighted by atomic mass is 32.1. The summed E-state index contributed by atoms with van der Waals surface area (Å²) in [7, 11) is 0. The fourth-order valence-electron chi connectivity index (χ4n) is 1.53. The molecule has 78 valence electrons. The maximum Gasteiger partial charge on any atom is 0.348 e. The predicted octanol–water partition coefficient (Wildman–Crippen LogP) is 3.36. The zero-order valence-corrected chi connectivity index (χ0v) is 9.90. The van der Waals surface area contributed by atoms with Crippen LogP contribution in [-0.2, 0) is 4.74 Å². The first-order chi connectivity index (χ1) is 6.57. The topological polar surface area (TPSA) is 26.3 Å². The van der Waals surface area contributed by atoms with E-state index < -0.39 is 0 Å². The predicted molar refractivity (Wildman–Crippen MR) is 59.1 cm³/mol. The van der Waals surface area contributed by atoms with E-state index in [1.165, 1.54) is 16.9 Å². The van der Waals surface area contributed by atoms with Gasteiger partial charge >= 0.3 is 5.97 Å². The smallest absolute Gasteiger partial charge is 0.348 e. The molecule has 0 aliphatic rings. The molecule has 3 heteroatoms. The molecule has 0 aliphatic heterocycles. The van der Waals surface area contributed by atoms with E-state index in [1.807, 2.05) is 19.2 Å². The van der Waals surface area contributed by atoms with Gasteiger partial charge < -0.3 is 4.74 Å². The largest absolute Gasteiger partial charge is 0.462 e. The molecule has 14 heavy (non-hydrogen) atoms. The van der Waals surface area contributed by atoms with E-state index in [-0.39, 0.29) is 5.97 Å². The summed E-state index contributed by atoms with van der Waals surface area (Å²) in [6.45, 7) is 8.49. The Hall–Kier alpha value is -0.830. The van der Waals surface area contributed by atoms with Crippen molar-refractivity contribution >= 4 is 17.3 Å². The maximum atomic E-state index is 11.6. The molecule has 0 spiro atoms. The van der Waals surface area contributed by atoms with Crippen LogP contribution in [0.5, 0.6) is 0 Å². The summed E-state index contributed by atoms with van der Waals surface area (Å²) < 4.78 is 5.00.